The van der Waals surface area contributed by atoms with Gasteiger partial charge in [0.25, 0.3) is 5.91 Å². The molecule has 19 heavy (non-hydrogen) atoms. The number of para-hydroxylation sites is 1. The normalized spacial score (nSPS) is 11.6. The van der Waals surface area contributed by atoms with E-state index in [4.69, 9.17) is 5.14 Å². The number of amides is 1. The van der Waals surface area contributed by atoms with Crippen LogP contribution in [0.3, 0.4) is 0 Å². The zero-order valence-corrected chi connectivity index (χ0v) is 11.0. The molecule has 0 radical (unpaired) electrons. The van der Waals surface area contributed by atoms with Crippen LogP contribution in [-0.2, 0) is 10.0 Å². The Labute approximate surface area is 111 Å². The topological polar surface area (TPSA) is 105 Å². The minimum absolute atomic E-state index is 0.138. The Kier molecular flexibility index (Phi) is 3.87. The lowest BCUT2D eigenvalue weighted by Gasteiger charge is -2.03. The highest BCUT2D eigenvalue weighted by atomic mass is 32.2. The molecule has 102 valence electrons. The molecule has 6 nitrogen and oxygen atoms in total. The Bertz CT molecular complexity index is 691. The van der Waals surface area contributed by atoms with Crippen LogP contribution in [0.25, 0.3) is 10.9 Å². The summed E-state index contributed by atoms with van der Waals surface area (Å²) in [6.45, 7) is 0.273. The van der Waals surface area contributed by atoms with E-state index in [1.165, 1.54) is 0 Å². The first-order valence-corrected chi connectivity index (χ1v) is 7.54. The van der Waals surface area contributed by atoms with Crippen molar-refractivity contribution in [1.29, 1.82) is 0 Å². The van der Waals surface area contributed by atoms with E-state index in [1.54, 1.807) is 6.20 Å². The molecule has 0 spiro atoms. The second-order valence-corrected chi connectivity index (χ2v) is 5.96. The van der Waals surface area contributed by atoms with E-state index in [0.717, 1.165) is 10.9 Å². The number of fused-ring (bicyclic) bond motifs is 1. The summed E-state index contributed by atoms with van der Waals surface area (Å²) in [6, 6.07) is 7.47. The maximum atomic E-state index is 11.9. The average Bonchev–Trinajstić information content (AvgIpc) is 2.77. The minimum Gasteiger partial charge on any atom is -0.360 e. The average molecular weight is 281 g/mol. The van der Waals surface area contributed by atoms with E-state index in [9.17, 15) is 13.2 Å². The fourth-order valence-electron chi connectivity index (χ4n) is 1.83. The molecule has 1 amide bonds. The van der Waals surface area contributed by atoms with Crippen LogP contribution in [0.2, 0.25) is 0 Å². The van der Waals surface area contributed by atoms with Crippen molar-refractivity contribution < 1.29 is 13.2 Å². The standard InChI is InChI=1S/C12H15N3O3S/c13-19(17,18)7-3-6-14-12(16)10-8-15-11-5-2-1-4-9(10)11/h1-2,4-5,8,15H,3,6-7H2,(H,14,16)(H2,13,17,18). The molecule has 0 atom stereocenters. The summed E-state index contributed by atoms with van der Waals surface area (Å²) in [5.41, 5.74) is 1.43. The quantitative estimate of drug-likeness (QED) is 0.698. The molecule has 0 saturated carbocycles. The van der Waals surface area contributed by atoms with E-state index in [1.807, 2.05) is 24.3 Å². The van der Waals surface area contributed by atoms with Crippen LogP contribution in [-0.4, -0.2) is 31.6 Å². The number of benzene rings is 1. The third-order valence-electron chi connectivity index (χ3n) is 2.73. The van der Waals surface area contributed by atoms with Crippen molar-refractivity contribution in [3.8, 4) is 0 Å². The summed E-state index contributed by atoms with van der Waals surface area (Å²) in [4.78, 5) is 14.9. The molecular formula is C12H15N3O3S. The molecule has 4 N–H and O–H groups in total. The van der Waals surface area contributed by atoms with Crippen molar-refractivity contribution in [1.82, 2.24) is 10.3 Å². The maximum absolute atomic E-state index is 11.9. The van der Waals surface area contributed by atoms with Gasteiger partial charge in [-0.15, -0.1) is 0 Å². The highest BCUT2D eigenvalue weighted by Crippen LogP contribution is 2.17. The van der Waals surface area contributed by atoms with E-state index in [0.29, 0.717) is 12.0 Å². The number of carbonyl (C=O) groups is 1. The summed E-state index contributed by atoms with van der Waals surface area (Å²) >= 11 is 0. The van der Waals surface area contributed by atoms with Gasteiger partial charge in [0.2, 0.25) is 10.0 Å². The zero-order chi connectivity index (χ0) is 13.9. The van der Waals surface area contributed by atoms with Crippen molar-refractivity contribution in [2.75, 3.05) is 12.3 Å². The van der Waals surface area contributed by atoms with Crippen LogP contribution in [0.5, 0.6) is 0 Å². The lowest BCUT2D eigenvalue weighted by Crippen LogP contribution is -2.27. The number of carbonyl (C=O) groups excluding carboxylic acids is 1. The van der Waals surface area contributed by atoms with Gasteiger partial charge in [0.15, 0.2) is 0 Å². The van der Waals surface area contributed by atoms with E-state index >= 15 is 0 Å². The van der Waals surface area contributed by atoms with Gasteiger partial charge in [-0.2, -0.15) is 0 Å². The molecule has 0 aliphatic carbocycles. The SMILES string of the molecule is NS(=O)(=O)CCCNC(=O)c1c[nH]c2ccccc12. The Morgan fingerprint density at radius 3 is 2.79 bits per heavy atom. The van der Waals surface area contributed by atoms with Gasteiger partial charge < -0.3 is 10.3 Å². The molecule has 1 heterocycles. The molecule has 0 saturated heterocycles. The van der Waals surface area contributed by atoms with Crippen LogP contribution in [0.15, 0.2) is 30.5 Å². The zero-order valence-electron chi connectivity index (χ0n) is 10.2. The van der Waals surface area contributed by atoms with Crippen molar-refractivity contribution in [3.05, 3.63) is 36.0 Å². The molecule has 7 heteroatoms. The van der Waals surface area contributed by atoms with Crippen LogP contribution in [0, 0.1) is 0 Å². The summed E-state index contributed by atoms with van der Waals surface area (Å²) in [6.07, 6.45) is 1.94. The largest absolute Gasteiger partial charge is 0.360 e. The van der Waals surface area contributed by atoms with Crippen LogP contribution >= 0.6 is 0 Å². The molecule has 0 aliphatic rings. The highest BCUT2D eigenvalue weighted by molar-refractivity contribution is 7.89. The molecule has 1 aromatic heterocycles. The number of hydrogen-bond donors (Lipinski definition) is 3. The second kappa shape index (κ2) is 5.41. The van der Waals surface area contributed by atoms with Gasteiger partial charge in [-0.25, -0.2) is 13.6 Å². The van der Waals surface area contributed by atoms with Gasteiger partial charge in [-0.1, -0.05) is 18.2 Å². The fraction of sp³-hybridized carbons (Fsp3) is 0.250. The Morgan fingerprint density at radius 1 is 1.32 bits per heavy atom. The Morgan fingerprint density at radius 2 is 2.05 bits per heavy atom. The number of nitrogens with one attached hydrogen (secondary N) is 2. The number of aromatic amines is 1. The monoisotopic (exact) mass is 281 g/mol. The molecule has 0 aliphatic heterocycles. The molecule has 0 unspecified atom stereocenters. The molecule has 0 fully saturated rings. The summed E-state index contributed by atoms with van der Waals surface area (Å²) in [5, 5.41) is 8.39. The Hall–Kier alpha value is -1.86. The molecule has 0 bridgehead atoms. The van der Waals surface area contributed by atoms with Gasteiger partial charge in [0, 0.05) is 23.6 Å². The van der Waals surface area contributed by atoms with Crippen molar-refractivity contribution in [3.63, 3.8) is 0 Å². The van der Waals surface area contributed by atoms with Crippen molar-refractivity contribution in [2.45, 2.75) is 6.42 Å². The fourth-order valence-corrected chi connectivity index (χ4v) is 2.38. The minimum atomic E-state index is -3.47. The van der Waals surface area contributed by atoms with Crippen molar-refractivity contribution >= 4 is 26.8 Å². The summed E-state index contributed by atoms with van der Waals surface area (Å²) in [7, 11) is -3.47. The van der Waals surface area contributed by atoms with Gasteiger partial charge in [-0.3, -0.25) is 4.79 Å². The number of rotatable bonds is 5. The maximum Gasteiger partial charge on any atom is 0.253 e. The molecule has 2 aromatic rings. The van der Waals surface area contributed by atoms with E-state index in [-0.39, 0.29) is 18.2 Å². The third kappa shape index (κ3) is 3.55. The molecular weight excluding hydrogens is 266 g/mol. The van der Waals surface area contributed by atoms with Gasteiger partial charge in [0.05, 0.1) is 11.3 Å². The second-order valence-electron chi connectivity index (χ2n) is 4.22. The van der Waals surface area contributed by atoms with Crippen LogP contribution in [0.4, 0.5) is 0 Å². The lowest BCUT2D eigenvalue weighted by atomic mass is 10.1. The summed E-state index contributed by atoms with van der Waals surface area (Å²) < 4.78 is 21.5. The van der Waals surface area contributed by atoms with E-state index in [2.05, 4.69) is 10.3 Å². The predicted molar refractivity (Wildman–Crippen MR) is 73.2 cm³/mol. The summed E-state index contributed by atoms with van der Waals surface area (Å²) in [5.74, 6) is -0.367. The third-order valence-corrected chi connectivity index (χ3v) is 3.58. The van der Waals surface area contributed by atoms with Gasteiger partial charge in [0.1, 0.15) is 0 Å². The van der Waals surface area contributed by atoms with Crippen LogP contribution in [0.1, 0.15) is 16.8 Å². The van der Waals surface area contributed by atoms with Gasteiger partial charge in [-0.05, 0) is 12.5 Å². The number of sulfonamides is 1. The first-order chi connectivity index (χ1) is 8.97. The Balaban J connectivity index is 1.97. The number of nitrogens with two attached hydrogens (primary N) is 1. The number of hydrogen-bond acceptors (Lipinski definition) is 3. The van der Waals surface area contributed by atoms with Crippen molar-refractivity contribution in [2.24, 2.45) is 5.14 Å². The lowest BCUT2D eigenvalue weighted by molar-refractivity contribution is 0.0955. The number of aromatic nitrogens is 1. The molecule has 2 rings (SSSR count). The number of H-pyrrole nitrogens is 1. The first kappa shape index (κ1) is 13.6. The highest BCUT2D eigenvalue weighted by Gasteiger charge is 2.11. The van der Waals surface area contributed by atoms with Gasteiger partial charge >= 0.3 is 0 Å². The smallest absolute Gasteiger partial charge is 0.253 e. The van der Waals surface area contributed by atoms with E-state index < -0.39 is 10.0 Å². The number of primary sulfonamides is 1. The molecule has 1 aromatic carbocycles. The first-order valence-electron chi connectivity index (χ1n) is 5.82. The predicted octanol–water partition coefficient (Wildman–Crippen LogP) is 0.576. The van der Waals surface area contributed by atoms with Crippen LogP contribution < -0.4 is 10.5 Å².